The summed E-state index contributed by atoms with van der Waals surface area (Å²) in [7, 11) is 0. The van der Waals surface area contributed by atoms with Crippen LogP contribution in [0.4, 0.5) is 0 Å². The molecule has 2 N–H and O–H groups in total. The minimum atomic E-state index is -1.18. The van der Waals surface area contributed by atoms with Crippen LogP contribution in [0, 0.1) is 0 Å². The lowest BCUT2D eigenvalue weighted by atomic mass is 10.1. The Labute approximate surface area is 136 Å². The third-order valence-electron chi connectivity index (χ3n) is 2.60. The van der Waals surface area contributed by atoms with Gasteiger partial charge in [0.1, 0.15) is 6.04 Å². The maximum absolute atomic E-state index is 12.0. The van der Waals surface area contributed by atoms with Crippen LogP contribution in [-0.4, -0.2) is 35.6 Å². The number of esters is 1. The van der Waals surface area contributed by atoms with Gasteiger partial charge in [0.05, 0.1) is 6.61 Å². The summed E-state index contributed by atoms with van der Waals surface area (Å²) in [5.74, 6) is -2.24. The van der Waals surface area contributed by atoms with E-state index in [1.165, 1.54) is 6.08 Å². The molecule has 0 aliphatic carbocycles. The SMILES string of the molecule is CCOC(=O)/C=C/C[C@@H](NC(=O)c1cccc(Br)c1)C(=O)O. The van der Waals surface area contributed by atoms with Gasteiger partial charge in [0.15, 0.2) is 0 Å². The molecule has 0 aliphatic rings. The Kier molecular flexibility index (Phi) is 7.31. The van der Waals surface area contributed by atoms with Gasteiger partial charge in [0, 0.05) is 16.1 Å². The van der Waals surface area contributed by atoms with Crippen LogP contribution in [0.15, 0.2) is 40.9 Å². The van der Waals surface area contributed by atoms with Gasteiger partial charge in [0.2, 0.25) is 0 Å². The predicted molar refractivity (Wildman–Crippen MR) is 83.4 cm³/mol. The summed E-state index contributed by atoms with van der Waals surface area (Å²) in [5.41, 5.74) is 0.343. The average molecular weight is 370 g/mol. The van der Waals surface area contributed by atoms with Crippen LogP contribution in [0.25, 0.3) is 0 Å². The van der Waals surface area contributed by atoms with Crippen molar-refractivity contribution < 1.29 is 24.2 Å². The van der Waals surface area contributed by atoms with Gasteiger partial charge in [-0.15, -0.1) is 0 Å². The molecule has 1 rings (SSSR count). The molecule has 118 valence electrons. The maximum Gasteiger partial charge on any atom is 0.330 e. The maximum atomic E-state index is 12.0. The van der Waals surface area contributed by atoms with Crippen molar-refractivity contribution in [1.29, 1.82) is 0 Å². The molecule has 0 radical (unpaired) electrons. The van der Waals surface area contributed by atoms with Gasteiger partial charge >= 0.3 is 11.9 Å². The molecule has 0 aromatic heterocycles. The Morgan fingerprint density at radius 1 is 1.41 bits per heavy atom. The molecular formula is C15H16BrNO5. The summed E-state index contributed by atoms with van der Waals surface area (Å²) >= 11 is 3.24. The number of aliphatic carboxylic acids is 1. The summed E-state index contributed by atoms with van der Waals surface area (Å²) < 4.78 is 5.40. The summed E-state index contributed by atoms with van der Waals surface area (Å²) in [6.45, 7) is 1.91. The first-order valence-electron chi connectivity index (χ1n) is 6.56. The smallest absolute Gasteiger partial charge is 0.330 e. The van der Waals surface area contributed by atoms with E-state index in [1.54, 1.807) is 31.2 Å². The molecule has 0 aliphatic heterocycles. The van der Waals surface area contributed by atoms with Crippen molar-refractivity contribution in [3.8, 4) is 0 Å². The molecule has 0 heterocycles. The molecule has 1 aromatic carbocycles. The van der Waals surface area contributed by atoms with Crippen molar-refractivity contribution in [1.82, 2.24) is 5.32 Å². The predicted octanol–water partition coefficient (Wildman–Crippen LogP) is 2.14. The Bertz CT molecular complexity index is 585. The summed E-state index contributed by atoms with van der Waals surface area (Å²) in [4.78, 5) is 34.3. The van der Waals surface area contributed by atoms with Crippen molar-refractivity contribution in [3.05, 3.63) is 46.5 Å². The lowest BCUT2D eigenvalue weighted by molar-refractivity contribution is -0.139. The second kappa shape index (κ2) is 8.99. The summed E-state index contributed by atoms with van der Waals surface area (Å²) in [6, 6.07) is 5.47. The number of halogens is 1. The first-order chi connectivity index (χ1) is 10.4. The zero-order valence-corrected chi connectivity index (χ0v) is 13.5. The molecule has 1 atom stereocenters. The standard InChI is InChI=1S/C15H16BrNO5/c1-2-22-13(18)8-4-7-12(15(20)21)17-14(19)10-5-3-6-11(16)9-10/h3-6,8-9,12H,2,7H2,1H3,(H,17,19)(H,20,21)/b8-4+/t12-/m1/s1. The fourth-order valence-electron chi connectivity index (χ4n) is 1.58. The van der Waals surface area contributed by atoms with E-state index >= 15 is 0 Å². The van der Waals surface area contributed by atoms with E-state index in [4.69, 9.17) is 5.11 Å². The lowest BCUT2D eigenvalue weighted by Crippen LogP contribution is -2.40. The number of carboxylic acid groups (broad SMARTS) is 1. The van der Waals surface area contributed by atoms with E-state index in [2.05, 4.69) is 26.0 Å². The second-order valence-corrected chi connectivity index (χ2v) is 5.18. The fraction of sp³-hybridized carbons (Fsp3) is 0.267. The number of rotatable bonds is 7. The van der Waals surface area contributed by atoms with Gasteiger partial charge in [-0.05, 0) is 31.5 Å². The van der Waals surface area contributed by atoms with Gasteiger partial charge in [0.25, 0.3) is 5.91 Å². The molecule has 6 nitrogen and oxygen atoms in total. The minimum absolute atomic E-state index is 0.0199. The number of benzene rings is 1. The molecule has 1 aromatic rings. The third-order valence-corrected chi connectivity index (χ3v) is 3.10. The van der Waals surface area contributed by atoms with Crippen molar-refractivity contribution in [2.24, 2.45) is 0 Å². The zero-order chi connectivity index (χ0) is 16.5. The molecule has 7 heteroatoms. The lowest BCUT2D eigenvalue weighted by Gasteiger charge is -2.12. The minimum Gasteiger partial charge on any atom is -0.480 e. The summed E-state index contributed by atoms with van der Waals surface area (Å²) in [5, 5.41) is 11.5. The average Bonchev–Trinajstić information content (AvgIpc) is 2.46. The Morgan fingerprint density at radius 2 is 2.14 bits per heavy atom. The van der Waals surface area contributed by atoms with Crippen molar-refractivity contribution in [2.45, 2.75) is 19.4 Å². The van der Waals surface area contributed by atoms with Crippen LogP contribution in [0.1, 0.15) is 23.7 Å². The van der Waals surface area contributed by atoms with E-state index in [0.29, 0.717) is 10.0 Å². The number of hydrogen-bond acceptors (Lipinski definition) is 4. The molecule has 0 bridgehead atoms. The van der Waals surface area contributed by atoms with E-state index < -0.39 is 23.9 Å². The van der Waals surface area contributed by atoms with Crippen LogP contribution in [0.2, 0.25) is 0 Å². The highest BCUT2D eigenvalue weighted by Crippen LogP contribution is 2.12. The van der Waals surface area contributed by atoms with Gasteiger partial charge in [-0.1, -0.05) is 28.1 Å². The molecule has 22 heavy (non-hydrogen) atoms. The largest absolute Gasteiger partial charge is 0.480 e. The van der Waals surface area contributed by atoms with Crippen LogP contribution in [-0.2, 0) is 14.3 Å². The molecule has 1 amide bonds. The number of carbonyl (C=O) groups is 3. The van der Waals surface area contributed by atoms with Gasteiger partial charge in [-0.25, -0.2) is 9.59 Å². The van der Waals surface area contributed by atoms with E-state index in [-0.39, 0.29) is 13.0 Å². The van der Waals surface area contributed by atoms with Crippen molar-refractivity contribution in [2.75, 3.05) is 6.61 Å². The van der Waals surface area contributed by atoms with E-state index in [9.17, 15) is 14.4 Å². The first kappa shape index (κ1) is 17.9. The van der Waals surface area contributed by atoms with Gasteiger partial charge in [-0.3, -0.25) is 4.79 Å². The van der Waals surface area contributed by atoms with Crippen molar-refractivity contribution in [3.63, 3.8) is 0 Å². The molecule has 0 saturated heterocycles. The van der Waals surface area contributed by atoms with Crippen LogP contribution in [0.5, 0.6) is 0 Å². The highest BCUT2D eigenvalue weighted by Gasteiger charge is 2.19. The Morgan fingerprint density at radius 3 is 2.73 bits per heavy atom. The quantitative estimate of drug-likeness (QED) is 0.567. The third kappa shape index (κ3) is 6.09. The molecule has 0 unspecified atom stereocenters. The van der Waals surface area contributed by atoms with E-state index in [1.807, 2.05) is 0 Å². The van der Waals surface area contributed by atoms with E-state index in [0.717, 1.165) is 6.08 Å². The topological polar surface area (TPSA) is 92.7 Å². The Hall–Kier alpha value is -2.15. The molecule has 0 saturated carbocycles. The van der Waals surface area contributed by atoms with Crippen LogP contribution >= 0.6 is 15.9 Å². The number of carbonyl (C=O) groups excluding carboxylic acids is 2. The number of ether oxygens (including phenoxy) is 1. The number of carboxylic acids is 1. The fourth-order valence-corrected chi connectivity index (χ4v) is 1.98. The highest BCUT2D eigenvalue weighted by molar-refractivity contribution is 9.10. The number of nitrogens with one attached hydrogen (secondary N) is 1. The molecular weight excluding hydrogens is 354 g/mol. The molecule has 0 spiro atoms. The monoisotopic (exact) mass is 369 g/mol. The number of amides is 1. The normalized spacial score (nSPS) is 11.9. The highest BCUT2D eigenvalue weighted by atomic mass is 79.9. The van der Waals surface area contributed by atoms with Crippen molar-refractivity contribution >= 4 is 33.8 Å². The number of hydrogen-bond donors (Lipinski definition) is 2. The molecule has 0 fully saturated rings. The van der Waals surface area contributed by atoms with Gasteiger partial charge < -0.3 is 15.2 Å². The van der Waals surface area contributed by atoms with Crippen LogP contribution in [0.3, 0.4) is 0 Å². The second-order valence-electron chi connectivity index (χ2n) is 4.26. The first-order valence-corrected chi connectivity index (χ1v) is 7.36. The zero-order valence-electron chi connectivity index (χ0n) is 11.9. The van der Waals surface area contributed by atoms with Crippen LogP contribution < -0.4 is 5.32 Å². The summed E-state index contributed by atoms with van der Waals surface area (Å²) in [6.07, 6.45) is 2.48. The Balaban J connectivity index is 2.66. The van der Waals surface area contributed by atoms with Gasteiger partial charge in [-0.2, -0.15) is 0 Å².